The van der Waals surface area contributed by atoms with Gasteiger partial charge in [-0.2, -0.15) is 0 Å². The second kappa shape index (κ2) is 28.3. The fourth-order valence-electron chi connectivity index (χ4n) is 15.3. The van der Waals surface area contributed by atoms with Crippen molar-refractivity contribution in [2.75, 3.05) is 0 Å². The molecule has 0 unspecified atom stereocenters. The summed E-state index contributed by atoms with van der Waals surface area (Å²) in [5.74, 6) is 1.37. The zero-order chi connectivity index (χ0) is 71.7. The van der Waals surface area contributed by atoms with Gasteiger partial charge in [0.2, 0.25) is 0 Å². The van der Waals surface area contributed by atoms with E-state index in [1.807, 2.05) is 36.8 Å². The minimum atomic E-state index is 0.677. The van der Waals surface area contributed by atoms with Gasteiger partial charge in [0.1, 0.15) is 0 Å². The maximum atomic E-state index is 5.29. The minimum Gasteiger partial charge on any atom is -0.264 e. The number of rotatable bonds is 12. The molecule has 4 aromatic heterocycles. The average molecular weight is 1380 g/mol. The Morgan fingerprint density at radius 1 is 0.148 bits per heavy atom. The normalized spacial score (nSPS) is 11.3. The molecule has 108 heavy (non-hydrogen) atoms. The molecule has 20 rings (SSSR count). The summed E-state index contributed by atoms with van der Waals surface area (Å²) in [6.45, 7) is 0. The van der Waals surface area contributed by atoms with Crippen LogP contribution in [-0.4, -0.2) is 29.9 Å². The van der Waals surface area contributed by atoms with Crippen molar-refractivity contribution in [3.8, 4) is 135 Å². The molecular weight excluding hydrogens is 1310 g/mol. The number of nitrogens with zero attached hydrogens (tertiary/aromatic N) is 6. The molecule has 0 amide bonds. The van der Waals surface area contributed by atoms with Crippen LogP contribution in [0.25, 0.3) is 199 Å². The van der Waals surface area contributed by atoms with E-state index in [0.717, 1.165) is 106 Å². The highest BCUT2D eigenvalue weighted by Crippen LogP contribution is 2.42. The minimum absolute atomic E-state index is 0.677. The summed E-state index contributed by atoms with van der Waals surface area (Å²) < 4.78 is 0. The molecule has 504 valence electrons. The fourth-order valence-corrected chi connectivity index (χ4v) is 15.3. The standard InChI is InChI=1S/C55H35N3.C47H31N3/c1-2-12-36(13-3-1)37-24-26-38(27-25-37)53-33-54(42-17-11-16-41(31-42)52-35-56-34-44-14-4-5-19-45(44)52)58-55(57-53)43-18-10-15-39(30-43)40-28-29-50-48-22-7-6-20-46(48)47-21-8-9-23-49(47)51(50)32-40;1-2-10-32(11-3-1)37-13-8-14-39(28-37)47-49-45(35-23-19-33(20-24-35)40-15-9-27-48-31-40)30-46(50-47)36-25-21-34(22-26-36)44-29-38-12-4-5-16-41(38)42-17-6-7-18-43(42)44/h1-35H;1-31H. The van der Waals surface area contributed by atoms with Crippen molar-refractivity contribution in [3.63, 3.8) is 0 Å². The number of benzene rings is 16. The first-order chi connectivity index (χ1) is 53.5. The van der Waals surface area contributed by atoms with Crippen LogP contribution >= 0.6 is 0 Å². The lowest BCUT2D eigenvalue weighted by atomic mass is 9.92. The highest BCUT2D eigenvalue weighted by Gasteiger charge is 2.18. The Hall–Kier alpha value is -14.5. The highest BCUT2D eigenvalue weighted by atomic mass is 14.9. The monoisotopic (exact) mass is 1370 g/mol. The molecule has 0 saturated carbocycles. The molecule has 20 aromatic rings. The maximum absolute atomic E-state index is 5.29. The predicted octanol–water partition coefficient (Wildman–Crippen LogP) is 26.7. The molecule has 6 nitrogen and oxygen atoms in total. The molecule has 4 heterocycles. The van der Waals surface area contributed by atoms with Crippen molar-refractivity contribution < 1.29 is 0 Å². The zero-order valence-electron chi connectivity index (χ0n) is 58.8. The summed E-state index contributed by atoms with van der Waals surface area (Å²) in [4.78, 5) is 29.7. The molecule has 0 spiro atoms. The topological polar surface area (TPSA) is 77.3 Å². The van der Waals surface area contributed by atoms with Crippen LogP contribution in [0.1, 0.15) is 0 Å². The molecule has 0 aliphatic heterocycles. The van der Waals surface area contributed by atoms with E-state index in [-0.39, 0.29) is 0 Å². The van der Waals surface area contributed by atoms with Crippen molar-refractivity contribution in [3.05, 3.63) is 401 Å². The van der Waals surface area contributed by atoms with Gasteiger partial charge < -0.3 is 0 Å². The summed E-state index contributed by atoms with van der Waals surface area (Å²) in [6.07, 6.45) is 7.56. The van der Waals surface area contributed by atoms with Crippen LogP contribution in [0.3, 0.4) is 0 Å². The molecule has 0 fully saturated rings. The maximum Gasteiger partial charge on any atom is 0.160 e. The number of hydrogen-bond acceptors (Lipinski definition) is 6. The van der Waals surface area contributed by atoms with Crippen molar-refractivity contribution in [2.24, 2.45) is 0 Å². The second-order valence-corrected chi connectivity index (χ2v) is 27.3. The number of aromatic nitrogens is 6. The first-order valence-corrected chi connectivity index (χ1v) is 36.5. The smallest absolute Gasteiger partial charge is 0.160 e. The summed E-state index contributed by atoms with van der Waals surface area (Å²) in [5, 5.41) is 14.9. The lowest BCUT2D eigenvalue weighted by Gasteiger charge is -2.13. The van der Waals surface area contributed by atoms with Crippen LogP contribution in [0.4, 0.5) is 0 Å². The van der Waals surface area contributed by atoms with Gasteiger partial charge in [-0.15, -0.1) is 0 Å². The van der Waals surface area contributed by atoms with E-state index in [1.165, 1.54) is 81.5 Å². The van der Waals surface area contributed by atoms with Crippen LogP contribution in [-0.2, 0) is 0 Å². The van der Waals surface area contributed by atoms with Crippen LogP contribution in [0.15, 0.2) is 401 Å². The Balaban J connectivity index is 0.000000149. The van der Waals surface area contributed by atoms with Gasteiger partial charge in [0, 0.05) is 69.1 Å². The molecule has 0 bridgehead atoms. The Morgan fingerprint density at radius 3 is 1.07 bits per heavy atom. The van der Waals surface area contributed by atoms with Gasteiger partial charge in [-0.1, -0.05) is 328 Å². The Morgan fingerprint density at radius 2 is 0.509 bits per heavy atom. The van der Waals surface area contributed by atoms with Gasteiger partial charge in [0.15, 0.2) is 11.6 Å². The third-order valence-corrected chi connectivity index (χ3v) is 20.7. The van der Waals surface area contributed by atoms with Crippen molar-refractivity contribution in [1.29, 1.82) is 0 Å². The molecule has 6 heteroatoms. The third kappa shape index (κ3) is 12.7. The molecule has 0 radical (unpaired) electrons. The molecule has 0 N–H and O–H groups in total. The highest BCUT2D eigenvalue weighted by molar-refractivity contribution is 6.26. The number of fused-ring (bicyclic) bond motifs is 10. The molecule has 0 atom stereocenters. The van der Waals surface area contributed by atoms with Crippen LogP contribution in [0.2, 0.25) is 0 Å². The van der Waals surface area contributed by atoms with E-state index >= 15 is 0 Å². The fraction of sp³-hybridized carbons (Fsp3) is 0. The summed E-state index contributed by atoms with van der Waals surface area (Å²) in [6, 6.07) is 133. The van der Waals surface area contributed by atoms with E-state index in [4.69, 9.17) is 19.9 Å². The zero-order valence-corrected chi connectivity index (χ0v) is 58.8. The molecule has 0 aliphatic carbocycles. The van der Waals surface area contributed by atoms with Gasteiger partial charge in [-0.05, 0) is 169 Å². The first-order valence-electron chi connectivity index (χ1n) is 36.5. The number of hydrogen-bond donors (Lipinski definition) is 0. The van der Waals surface area contributed by atoms with E-state index < -0.39 is 0 Å². The average Bonchev–Trinajstić information content (AvgIpc) is 0.747. The van der Waals surface area contributed by atoms with Gasteiger partial charge >= 0.3 is 0 Å². The quantitative estimate of drug-likeness (QED) is 0.113. The van der Waals surface area contributed by atoms with Crippen molar-refractivity contribution in [1.82, 2.24) is 29.9 Å². The predicted molar refractivity (Wildman–Crippen MR) is 450 cm³/mol. The SMILES string of the molecule is c1ccc(-c2ccc(-c3cc(-c4cccc(-c5cncc6ccccc56)c4)nc(-c4cccc(-c5ccc6c7ccccc7c7ccccc7c6c5)c4)n3)cc2)cc1.c1ccc(-c2cccc(-c3nc(-c4ccc(-c5cccnc5)cc4)cc(-c4ccc(-c5cc6ccccc6c6ccccc56)cc4)n3)c2)cc1. The van der Waals surface area contributed by atoms with Crippen molar-refractivity contribution in [2.45, 2.75) is 0 Å². The van der Waals surface area contributed by atoms with Crippen LogP contribution < -0.4 is 0 Å². The lowest BCUT2D eigenvalue weighted by Crippen LogP contribution is -1.96. The van der Waals surface area contributed by atoms with Gasteiger partial charge in [0.25, 0.3) is 0 Å². The summed E-state index contributed by atoms with van der Waals surface area (Å²) in [5.41, 5.74) is 23.2. The summed E-state index contributed by atoms with van der Waals surface area (Å²) in [7, 11) is 0. The number of pyridine rings is 2. The van der Waals surface area contributed by atoms with Gasteiger partial charge in [0.05, 0.1) is 22.8 Å². The van der Waals surface area contributed by atoms with E-state index in [9.17, 15) is 0 Å². The first kappa shape index (κ1) is 64.4. The van der Waals surface area contributed by atoms with E-state index in [1.54, 1.807) is 6.20 Å². The molecule has 16 aromatic carbocycles. The molecule has 0 saturated heterocycles. The summed E-state index contributed by atoms with van der Waals surface area (Å²) >= 11 is 0. The van der Waals surface area contributed by atoms with Crippen LogP contribution in [0.5, 0.6) is 0 Å². The molecular formula is C102H66N6. The largest absolute Gasteiger partial charge is 0.264 e. The lowest BCUT2D eigenvalue weighted by molar-refractivity contribution is 1.18. The van der Waals surface area contributed by atoms with Gasteiger partial charge in [-0.25, -0.2) is 19.9 Å². The van der Waals surface area contributed by atoms with Crippen molar-refractivity contribution >= 4 is 64.6 Å². The van der Waals surface area contributed by atoms with E-state index in [2.05, 4.69) is 368 Å². The van der Waals surface area contributed by atoms with Crippen LogP contribution in [0, 0.1) is 0 Å². The van der Waals surface area contributed by atoms with E-state index in [0.29, 0.717) is 11.6 Å². The Labute approximate surface area is 626 Å². The van der Waals surface area contributed by atoms with Gasteiger partial charge in [-0.3, -0.25) is 9.97 Å². The third-order valence-electron chi connectivity index (χ3n) is 20.7. The Bertz CT molecular complexity index is 6720. The Kier molecular flexibility index (Phi) is 16.9. The second-order valence-electron chi connectivity index (χ2n) is 27.3. The molecule has 0 aliphatic rings.